The summed E-state index contributed by atoms with van der Waals surface area (Å²) in [5.41, 5.74) is 1.76. The lowest BCUT2D eigenvalue weighted by Gasteiger charge is -2.29. The Hall–Kier alpha value is 0.220. The molecule has 0 spiro atoms. The van der Waals surface area contributed by atoms with Crippen molar-refractivity contribution in [1.82, 2.24) is 0 Å². The van der Waals surface area contributed by atoms with Crippen molar-refractivity contribution in [3.05, 3.63) is 12.2 Å². The van der Waals surface area contributed by atoms with E-state index in [2.05, 4.69) is 43.3 Å². The summed E-state index contributed by atoms with van der Waals surface area (Å²) in [6, 6.07) is 0. The Bertz CT molecular complexity index is 115. The van der Waals surface area contributed by atoms with Gasteiger partial charge in [0.15, 0.2) is 0 Å². The standard InChI is InChI=1S/C10H19Br/c1-5-10(6-2,8-11)7-9(3)4/h3,5-8H2,1-2,4H3. The predicted octanol–water partition coefficient (Wildman–Crippen LogP) is 4.15. The van der Waals surface area contributed by atoms with Gasteiger partial charge < -0.3 is 0 Å². The first kappa shape index (κ1) is 11.2. The molecule has 0 amide bonds. The van der Waals surface area contributed by atoms with Gasteiger partial charge in [-0.2, -0.15) is 0 Å². The third-order valence-corrected chi connectivity index (χ3v) is 3.65. The van der Waals surface area contributed by atoms with E-state index in [0.29, 0.717) is 5.41 Å². The molecule has 66 valence electrons. The Kier molecular flexibility index (Phi) is 5.07. The number of rotatable bonds is 5. The highest BCUT2D eigenvalue weighted by molar-refractivity contribution is 9.09. The summed E-state index contributed by atoms with van der Waals surface area (Å²) >= 11 is 3.58. The van der Waals surface area contributed by atoms with Crippen LogP contribution in [0.5, 0.6) is 0 Å². The number of allylic oxidation sites excluding steroid dienone is 1. The van der Waals surface area contributed by atoms with Crippen LogP contribution >= 0.6 is 15.9 Å². The second-order valence-electron chi connectivity index (χ2n) is 3.47. The SMILES string of the molecule is C=C(C)CC(CC)(CC)CBr. The first-order valence-electron chi connectivity index (χ1n) is 4.30. The molecule has 1 heteroatoms. The number of halogens is 1. The van der Waals surface area contributed by atoms with Crippen LogP contribution in [0.25, 0.3) is 0 Å². The quantitative estimate of drug-likeness (QED) is 0.481. The van der Waals surface area contributed by atoms with Gasteiger partial charge in [0.25, 0.3) is 0 Å². The summed E-state index contributed by atoms with van der Waals surface area (Å²) in [5, 5.41) is 1.10. The number of hydrogen-bond donors (Lipinski definition) is 0. The van der Waals surface area contributed by atoms with Gasteiger partial charge in [-0.25, -0.2) is 0 Å². The van der Waals surface area contributed by atoms with Crippen LogP contribution < -0.4 is 0 Å². The fourth-order valence-electron chi connectivity index (χ4n) is 1.38. The Morgan fingerprint density at radius 2 is 1.82 bits per heavy atom. The van der Waals surface area contributed by atoms with Crippen molar-refractivity contribution in [1.29, 1.82) is 0 Å². The molecule has 0 aliphatic rings. The smallest absolute Gasteiger partial charge is 0.00908 e. The summed E-state index contributed by atoms with van der Waals surface area (Å²) < 4.78 is 0. The van der Waals surface area contributed by atoms with E-state index < -0.39 is 0 Å². The van der Waals surface area contributed by atoms with Gasteiger partial charge in [-0.3, -0.25) is 0 Å². The summed E-state index contributed by atoms with van der Waals surface area (Å²) in [6.45, 7) is 10.6. The van der Waals surface area contributed by atoms with Gasteiger partial charge in [0.2, 0.25) is 0 Å². The van der Waals surface area contributed by atoms with Crippen LogP contribution in [-0.2, 0) is 0 Å². The fourth-order valence-corrected chi connectivity index (χ4v) is 2.37. The van der Waals surface area contributed by atoms with Crippen LogP contribution in [0.15, 0.2) is 12.2 Å². The number of alkyl halides is 1. The molecule has 0 bridgehead atoms. The van der Waals surface area contributed by atoms with Gasteiger partial charge in [0.05, 0.1) is 0 Å². The van der Waals surface area contributed by atoms with Crippen molar-refractivity contribution in [2.75, 3.05) is 5.33 Å². The van der Waals surface area contributed by atoms with Crippen LogP contribution in [0.3, 0.4) is 0 Å². The van der Waals surface area contributed by atoms with Crippen LogP contribution in [0.1, 0.15) is 40.0 Å². The average molecular weight is 219 g/mol. The molecular formula is C10H19Br. The molecular weight excluding hydrogens is 200 g/mol. The van der Waals surface area contributed by atoms with Crippen LogP contribution in [0.4, 0.5) is 0 Å². The molecule has 0 atom stereocenters. The molecule has 0 rings (SSSR count). The molecule has 0 saturated carbocycles. The largest absolute Gasteiger partial charge is 0.100 e. The van der Waals surface area contributed by atoms with Gasteiger partial charge in [-0.15, -0.1) is 6.58 Å². The molecule has 11 heavy (non-hydrogen) atoms. The van der Waals surface area contributed by atoms with E-state index >= 15 is 0 Å². The molecule has 0 unspecified atom stereocenters. The van der Waals surface area contributed by atoms with E-state index in [1.54, 1.807) is 0 Å². The van der Waals surface area contributed by atoms with E-state index in [1.807, 2.05) is 0 Å². The van der Waals surface area contributed by atoms with Crippen molar-refractivity contribution in [3.63, 3.8) is 0 Å². The average Bonchev–Trinajstić information content (AvgIpc) is 2.00. The van der Waals surface area contributed by atoms with Crippen molar-refractivity contribution in [2.45, 2.75) is 40.0 Å². The number of hydrogen-bond acceptors (Lipinski definition) is 0. The lowest BCUT2D eigenvalue weighted by molar-refractivity contribution is 0.306. The fraction of sp³-hybridized carbons (Fsp3) is 0.800. The monoisotopic (exact) mass is 218 g/mol. The van der Waals surface area contributed by atoms with E-state index in [9.17, 15) is 0 Å². The maximum Gasteiger partial charge on any atom is 0.00908 e. The molecule has 0 aromatic carbocycles. The minimum absolute atomic E-state index is 0.464. The van der Waals surface area contributed by atoms with E-state index in [0.717, 1.165) is 11.8 Å². The van der Waals surface area contributed by atoms with Crippen LogP contribution in [0, 0.1) is 5.41 Å². The lowest BCUT2D eigenvalue weighted by atomic mass is 9.79. The zero-order valence-electron chi connectivity index (χ0n) is 7.91. The van der Waals surface area contributed by atoms with Crippen molar-refractivity contribution < 1.29 is 0 Å². The minimum atomic E-state index is 0.464. The zero-order valence-corrected chi connectivity index (χ0v) is 9.50. The molecule has 0 fully saturated rings. The van der Waals surface area contributed by atoms with E-state index in [-0.39, 0.29) is 0 Å². The van der Waals surface area contributed by atoms with Gasteiger partial charge in [0, 0.05) is 5.33 Å². The van der Waals surface area contributed by atoms with Crippen molar-refractivity contribution in [2.24, 2.45) is 5.41 Å². The first-order valence-corrected chi connectivity index (χ1v) is 5.42. The summed E-state index contributed by atoms with van der Waals surface area (Å²) in [5.74, 6) is 0. The predicted molar refractivity (Wildman–Crippen MR) is 56.2 cm³/mol. The highest BCUT2D eigenvalue weighted by atomic mass is 79.9. The Balaban J connectivity index is 4.16. The van der Waals surface area contributed by atoms with Gasteiger partial charge in [0.1, 0.15) is 0 Å². The topological polar surface area (TPSA) is 0 Å². The normalized spacial score (nSPS) is 11.6. The zero-order chi connectivity index (χ0) is 8.91. The maximum atomic E-state index is 3.96. The minimum Gasteiger partial charge on any atom is -0.100 e. The van der Waals surface area contributed by atoms with Crippen molar-refractivity contribution >= 4 is 15.9 Å². The molecule has 0 nitrogen and oxygen atoms in total. The highest BCUT2D eigenvalue weighted by Gasteiger charge is 2.24. The molecule has 0 radical (unpaired) electrons. The molecule has 0 aliphatic heterocycles. The third-order valence-electron chi connectivity index (χ3n) is 2.46. The second kappa shape index (κ2) is 4.97. The molecule has 0 heterocycles. The van der Waals surface area contributed by atoms with Crippen molar-refractivity contribution in [3.8, 4) is 0 Å². The molecule has 0 aliphatic carbocycles. The van der Waals surface area contributed by atoms with E-state index in [4.69, 9.17) is 0 Å². The molecule has 0 aromatic rings. The maximum absolute atomic E-state index is 3.96. The Labute approximate surface area is 79.2 Å². The Morgan fingerprint density at radius 3 is 1.91 bits per heavy atom. The molecule has 0 saturated heterocycles. The van der Waals surface area contributed by atoms with E-state index in [1.165, 1.54) is 18.4 Å². The van der Waals surface area contributed by atoms with Crippen LogP contribution in [-0.4, -0.2) is 5.33 Å². The summed E-state index contributed by atoms with van der Waals surface area (Å²) in [4.78, 5) is 0. The van der Waals surface area contributed by atoms with Gasteiger partial charge >= 0.3 is 0 Å². The first-order chi connectivity index (χ1) is 5.10. The summed E-state index contributed by atoms with van der Waals surface area (Å²) in [7, 11) is 0. The Morgan fingerprint density at radius 1 is 1.36 bits per heavy atom. The second-order valence-corrected chi connectivity index (χ2v) is 4.04. The van der Waals surface area contributed by atoms with Crippen LogP contribution in [0.2, 0.25) is 0 Å². The summed E-state index contributed by atoms with van der Waals surface area (Å²) in [6.07, 6.45) is 3.63. The lowest BCUT2D eigenvalue weighted by Crippen LogP contribution is -2.20. The third kappa shape index (κ3) is 3.42. The van der Waals surface area contributed by atoms with Gasteiger partial charge in [-0.05, 0) is 31.6 Å². The van der Waals surface area contributed by atoms with Gasteiger partial charge in [-0.1, -0.05) is 35.4 Å². The molecule has 0 N–H and O–H groups in total. The molecule has 0 aromatic heterocycles. The highest BCUT2D eigenvalue weighted by Crippen LogP contribution is 2.34.